The second kappa shape index (κ2) is 6.56. The molecule has 7 nitrogen and oxygen atoms in total. The average molecular weight is 325 g/mol. The summed E-state index contributed by atoms with van der Waals surface area (Å²) in [5, 5.41) is 9.87. The van der Waals surface area contributed by atoms with Crippen molar-refractivity contribution in [3.8, 4) is 11.5 Å². The molecule has 0 saturated carbocycles. The quantitative estimate of drug-likeness (QED) is 0.578. The third-order valence-corrected chi connectivity index (χ3v) is 3.72. The van der Waals surface area contributed by atoms with Gasteiger partial charge in [-0.25, -0.2) is 0 Å². The minimum Gasteiger partial charge on any atom is -0.507 e. The number of hydrogen-bond donors (Lipinski definition) is 3. The molecule has 118 valence electrons. The highest BCUT2D eigenvalue weighted by atomic mass is 32.2. The van der Waals surface area contributed by atoms with E-state index in [0.717, 1.165) is 12.1 Å². The molecule has 0 aliphatic carbocycles. The van der Waals surface area contributed by atoms with Crippen LogP contribution in [0, 0.1) is 0 Å². The molecule has 2 aromatic rings. The Labute approximate surface area is 127 Å². The second-order valence-corrected chi connectivity index (χ2v) is 5.58. The number of rotatable bonds is 4. The van der Waals surface area contributed by atoms with Gasteiger partial charge in [0, 0.05) is 11.6 Å². The van der Waals surface area contributed by atoms with Gasteiger partial charge in [0.05, 0.1) is 12.7 Å². The summed E-state index contributed by atoms with van der Waals surface area (Å²) in [4.78, 5) is 11.7. The molecular formula is C14H15NO6S. The number of carbonyl (C=O) groups is 1. The van der Waals surface area contributed by atoms with Gasteiger partial charge in [-0.2, -0.15) is 8.42 Å². The minimum atomic E-state index is -4.59. The largest absolute Gasteiger partial charge is 0.507 e. The molecule has 22 heavy (non-hydrogen) atoms. The lowest BCUT2D eigenvalue weighted by Crippen LogP contribution is -2.07. The van der Waals surface area contributed by atoms with Crippen molar-refractivity contribution in [2.75, 3.05) is 7.11 Å². The average Bonchev–Trinajstić information content (AvgIpc) is 2.45. The fourth-order valence-corrected chi connectivity index (χ4v) is 2.50. The summed E-state index contributed by atoms with van der Waals surface area (Å²) >= 11 is 0. The van der Waals surface area contributed by atoms with Crippen LogP contribution in [0.5, 0.6) is 11.5 Å². The van der Waals surface area contributed by atoms with Crippen LogP contribution >= 0.6 is 0 Å². The van der Waals surface area contributed by atoms with E-state index in [1.54, 1.807) is 18.2 Å². The first-order chi connectivity index (χ1) is 9.84. The van der Waals surface area contributed by atoms with E-state index < -0.39 is 26.5 Å². The predicted molar refractivity (Wildman–Crippen MR) is 79.4 cm³/mol. The molecule has 0 fully saturated rings. The molecule has 0 aromatic heterocycles. The van der Waals surface area contributed by atoms with Gasteiger partial charge in [-0.15, -0.1) is 0 Å². The molecule has 0 saturated heterocycles. The van der Waals surface area contributed by atoms with Crippen LogP contribution in [0.25, 0.3) is 0 Å². The van der Waals surface area contributed by atoms with Crippen LogP contribution in [-0.4, -0.2) is 31.0 Å². The Kier molecular flexibility index (Phi) is 5.26. The number of ether oxygens (including phenoxy) is 1. The van der Waals surface area contributed by atoms with Crippen LogP contribution in [0.2, 0.25) is 0 Å². The number of phenols is 1. The Morgan fingerprint density at radius 1 is 1.14 bits per heavy atom. The summed E-state index contributed by atoms with van der Waals surface area (Å²) < 4.78 is 36.6. The summed E-state index contributed by atoms with van der Waals surface area (Å²) in [6, 6.07) is 9.90. The first kappa shape index (κ1) is 17.6. The molecule has 0 spiro atoms. The zero-order chi connectivity index (χ0) is 15.6. The van der Waals surface area contributed by atoms with Crippen molar-refractivity contribution in [2.24, 2.45) is 0 Å². The Hall–Kier alpha value is -2.42. The lowest BCUT2D eigenvalue weighted by Gasteiger charge is -2.10. The summed E-state index contributed by atoms with van der Waals surface area (Å²) in [7, 11) is -3.41. The smallest absolute Gasteiger partial charge is 0.298 e. The van der Waals surface area contributed by atoms with E-state index in [0.29, 0.717) is 0 Å². The Morgan fingerprint density at radius 3 is 2.23 bits per heavy atom. The van der Waals surface area contributed by atoms with Crippen molar-refractivity contribution in [2.45, 2.75) is 4.90 Å². The standard InChI is InChI=1S/C14H12O6S.H3N/c1-20-12-8-11(15)10(7-13(12)21(17,18)19)14(16)9-5-3-2-4-6-9;/h2-8,15H,1H3,(H,17,18,19);1H3. The second-order valence-electron chi connectivity index (χ2n) is 4.19. The van der Waals surface area contributed by atoms with E-state index in [4.69, 9.17) is 9.29 Å². The molecule has 5 N–H and O–H groups in total. The number of ketones is 1. The Morgan fingerprint density at radius 2 is 1.73 bits per heavy atom. The normalized spacial score (nSPS) is 10.6. The third-order valence-electron chi connectivity index (χ3n) is 2.84. The summed E-state index contributed by atoms with van der Waals surface area (Å²) in [5.41, 5.74) is 0.0360. The van der Waals surface area contributed by atoms with Crippen LogP contribution in [-0.2, 0) is 10.1 Å². The maximum Gasteiger partial charge on any atom is 0.298 e. The van der Waals surface area contributed by atoms with E-state index in [1.807, 2.05) is 0 Å². The van der Waals surface area contributed by atoms with E-state index in [2.05, 4.69) is 0 Å². The van der Waals surface area contributed by atoms with Gasteiger partial charge in [-0.1, -0.05) is 30.3 Å². The number of phenolic OH excluding ortho intramolecular Hbond substituents is 1. The summed E-state index contributed by atoms with van der Waals surface area (Å²) in [5.74, 6) is -1.26. The maximum atomic E-state index is 12.3. The lowest BCUT2D eigenvalue weighted by molar-refractivity contribution is 0.103. The molecular weight excluding hydrogens is 310 g/mol. The van der Waals surface area contributed by atoms with Gasteiger partial charge < -0.3 is 16.0 Å². The zero-order valence-electron chi connectivity index (χ0n) is 11.7. The first-order valence-electron chi connectivity index (χ1n) is 5.83. The molecule has 2 rings (SSSR count). The van der Waals surface area contributed by atoms with Gasteiger partial charge in [0.25, 0.3) is 10.1 Å². The van der Waals surface area contributed by atoms with E-state index >= 15 is 0 Å². The Bertz CT molecular complexity index is 786. The lowest BCUT2D eigenvalue weighted by atomic mass is 10.0. The third kappa shape index (κ3) is 3.42. The minimum absolute atomic E-state index is 0. The molecule has 0 bridgehead atoms. The van der Waals surface area contributed by atoms with Crippen LogP contribution in [0.15, 0.2) is 47.4 Å². The maximum absolute atomic E-state index is 12.3. The fraction of sp³-hybridized carbons (Fsp3) is 0.0714. The van der Waals surface area contributed by atoms with Gasteiger partial charge in [0.15, 0.2) is 5.78 Å². The van der Waals surface area contributed by atoms with Crippen molar-refractivity contribution in [3.05, 3.63) is 53.6 Å². The van der Waals surface area contributed by atoms with Gasteiger partial charge >= 0.3 is 0 Å². The summed E-state index contributed by atoms with van der Waals surface area (Å²) in [6.45, 7) is 0. The van der Waals surface area contributed by atoms with E-state index in [1.165, 1.54) is 19.2 Å². The number of benzene rings is 2. The number of aromatic hydroxyl groups is 1. The van der Waals surface area contributed by atoms with Crippen molar-refractivity contribution < 1.29 is 27.6 Å². The van der Waals surface area contributed by atoms with Gasteiger partial charge in [0.1, 0.15) is 16.4 Å². The molecule has 0 heterocycles. The number of methoxy groups -OCH3 is 1. The van der Waals surface area contributed by atoms with Gasteiger partial charge in [-0.3, -0.25) is 9.35 Å². The monoisotopic (exact) mass is 325 g/mol. The predicted octanol–water partition coefficient (Wildman–Crippen LogP) is 2.04. The summed E-state index contributed by atoms with van der Waals surface area (Å²) in [6.07, 6.45) is 0. The molecule has 0 radical (unpaired) electrons. The van der Waals surface area contributed by atoms with E-state index in [-0.39, 0.29) is 23.0 Å². The molecule has 2 aromatic carbocycles. The molecule has 8 heteroatoms. The fourth-order valence-electron chi connectivity index (χ4n) is 1.84. The van der Waals surface area contributed by atoms with Crippen LogP contribution < -0.4 is 10.9 Å². The van der Waals surface area contributed by atoms with Crippen molar-refractivity contribution in [1.29, 1.82) is 0 Å². The molecule has 0 aliphatic heterocycles. The zero-order valence-corrected chi connectivity index (χ0v) is 12.5. The first-order valence-corrected chi connectivity index (χ1v) is 7.27. The SMILES string of the molecule is COc1cc(O)c(C(=O)c2ccccc2)cc1S(=O)(=O)O.N. The molecule has 0 aliphatic rings. The molecule has 0 unspecified atom stereocenters. The molecule has 0 amide bonds. The van der Waals surface area contributed by atoms with Gasteiger partial charge in [0.2, 0.25) is 0 Å². The highest BCUT2D eigenvalue weighted by molar-refractivity contribution is 7.86. The topological polar surface area (TPSA) is 136 Å². The van der Waals surface area contributed by atoms with Crippen LogP contribution in [0.1, 0.15) is 15.9 Å². The highest BCUT2D eigenvalue weighted by Crippen LogP contribution is 2.32. The number of hydrogen-bond acceptors (Lipinski definition) is 6. The highest BCUT2D eigenvalue weighted by Gasteiger charge is 2.23. The van der Waals surface area contributed by atoms with E-state index in [9.17, 15) is 18.3 Å². The number of carbonyl (C=O) groups excluding carboxylic acids is 1. The van der Waals surface area contributed by atoms with Crippen LogP contribution in [0.4, 0.5) is 0 Å². The molecule has 0 atom stereocenters. The Balaban J connectivity index is 0.00000242. The van der Waals surface area contributed by atoms with Crippen molar-refractivity contribution in [3.63, 3.8) is 0 Å². The van der Waals surface area contributed by atoms with Crippen LogP contribution in [0.3, 0.4) is 0 Å². The van der Waals surface area contributed by atoms with Crippen molar-refractivity contribution >= 4 is 15.9 Å². The van der Waals surface area contributed by atoms with Crippen molar-refractivity contribution in [1.82, 2.24) is 6.15 Å². The van der Waals surface area contributed by atoms with Gasteiger partial charge in [-0.05, 0) is 6.07 Å².